The summed E-state index contributed by atoms with van der Waals surface area (Å²) in [7, 11) is 1.49. The van der Waals surface area contributed by atoms with Crippen LogP contribution in [0.1, 0.15) is 16.8 Å². The Balaban J connectivity index is 2.11. The molecule has 1 aromatic heterocycles. The molecule has 1 heterocycles. The molecule has 3 rings (SSSR count). The Hall–Kier alpha value is -2.80. The summed E-state index contributed by atoms with van der Waals surface area (Å²) < 4.78 is 36.6. The molecule has 1 N–H and O–H groups in total. The van der Waals surface area contributed by atoms with Gasteiger partial charge >= 0.3 is 12.6 Å². The highest BCUT2D eigenvalue weighted by Crippen LogP contribution is 2.35. The molecule has 28 heavy (non-hydrogen) atoms. The van der Waals surface area contributed by atoms with E-state index in [9.17, 15) is 18.7 Å². The zero-order chi connectivity index (χ0) is 20.4. The highest BCUT2D eigenvalue weighted by atomic mass is 35.5. The van der Waals surface area contributed by atoms with Crippen molar-refractivity contribution in [2.75, 3.05) is 7.11 Å². The fraction of sp³-hybridized carbons (Fsp3) is 0.250. The fourth-order valence-electron chi connectivity index (χ4n) is 3.28. The minimum absolute atomic E-state index is 0.0621. The van der Waals surface area contributed by atoms with Crippen molar-refractivity contribution in [2.45, 2.75) is 26.5 Å². The number of methoxy groups -OCH3 is 1. The van der Waals surface area contributed by atoms with Crippen LogP contribution < -0.4 is 9.47 Å². The molecule has 0 unspecified atom stereocenters. The number of fused-ring (bicyclic) bond motifs is 1. The van der Waals surface area contributed by atoms with Gasteiger partial charge in [0.25, 0.3) is 0 Å². The first-order chi connectivity index (χ1) is 13.3. The number of hydrogen-bond acceptors (Lipinski definition) is 3. The third-order valence-corrected chi connectivity index (χ3v) is 4.82. The Morgan fingerprint density at radius 2 is 2.04 bits per heavy atom. The van der Waals surface area contributed by atoms with Crippen molar-refractivity contribution in [3.8, 4) is 11.5 Å². The van der Waals surface area contributed by atoms with Crippen molar-refractivity contribution in [1.29, 1.82) is 0 Å². The molecule has 0 amide bonds. The zero-order valence-corrected chi connectivity index (χ0v) is 16.0. The van der Waals surface area contributed by atoms with Gasteiger partial charge in [0.2, 0.25) is 0 Å². The fourth-order valence-corrected chi connectivity index (χ4v) is 3.52. The van der Waals surface area contributed by atoms with Crippen LogP contribution in [0.3, 0.4) is 0 Å². The minimum atomic E-state index is -2.90. The van der Waals surface area contributed by atoms with Gasteiger partial charge in [-0.15, -0.1) is 0 Å². The number of rotatable bonds is 7. The number of alkyl halides is 2. The number of carboxylic acids is 1. The number of aliphatic carboxylic acids is 1. The van der Waals surface area contributed by atoms with Crippen molar-refractivity contribution in [2.24, 2.45) is 0 Å². The Labute approximate surface area is 165 Å². The summed E-state index contributed by atoms with van der Waals surface area (Å²) in [6, 6.07) is 9.82. The van der Waals surface area contributed by atoms with E-state index < -0.39 is 12.6 Å². The van der Waals surface area contributed by atoms with E-state index in [1.807, 2.05) is 11.5 Å². The molecule has 0 radical (unpaired) electrons. The summed E-state index contributed by atoms with van der Waals surface area (Å²) in [6.07, 6.45) is -0.158. The summed E-state index contributed by atoms with van der Waals surface area (Å²) in [6.45, 7) is -0.749. The predicted molar refractivity (Wildman–Crippen MR) is 102 cm³/mol. The lowest BCUT2D eigenvalue weighted by molar-refractivity contribution is -0.136. The van der Waals surface area contributed by atoms with Crippen molar-refractivity contribution in [3.05, 3.63) is 58.2 Å². The Kier molecular flexibility index (Phi) is 5.74. The second kappa shape index (κ2) is 8.06. The van der Waals surface area contributed by atoms with Crippen LogP contribution in [0.25, 0.3) is 10.9 Å². The molecule has 0 saturated carbocycles. The molecule has 0 saturated heterocycles. The van der Waals surface area contributed by atoms with Crippen LogP contribution in [0.15, 0.2) is 36.4 Å². The first-order valence-corrected chi connectivity index (χ1v) is 8.78. The van der Waals surface area contributed by atoms with E-state index in [1.165, 1.54) is 19.2 Å². The minimum Gasteiger partial charge on any atom is -0.495 e. The number of aromatic nitrogens is 1. The maximum atomic E-state index is 12.5. The molecule has 8 heteroatoms. The van der Waals surface area contributed by atoms with Crippen LogP contribution in [0.5, 0.6) is 11.5 Å². The number of hydrogen-bond donors (Lipinski definition) is 1. The summed E-state index contributed by atoms with van der Waals surface area (Å²) in [4.78, 5) is 11.3. The molecule has 0 atom stereocenters. The normalized spacial score (nSPS) is 11.2. The van der Waals surface area contributed by atoms with Crippen LogP contribution >= 0.6 is 11.6 Å². The molecule has 0 fully saturated rings. The van der Waals surface area contributed by atoms with E-state index in [0.717, 1.165) is 22.2 Å². The number of halogens is 3. The van der Waals surface area contributed by atoms with Crippen molar-refractivity contribution < 1.29 is 28.2 Å². The Morgan fingerprint density at radius 3 is 2.68 bits per heavy atom. The van der Waals surface area contributed by atoms with Gasteiger partial charge in [0.15, 0.2) is 0 Å². The summed E-state index contributed by atoms with van der Waals surface area (Å²) in [5, 5.41) is 10.4. The van der Waals surface area contributed by atoms with Crippen LogP contribution in [0, 0.1) is 6.92 Å². The van der Waals surface area contributed by atoms with Gasteiger partial charge in [-0.3, -0.25) is 4.79 Å². The summed E-state index contributed by atoms with van der Waals surface area (Å²) in [5.41, 5.74) is 2.87. The molecular weight excluding hydrogens is 392 g/mol. The van der Waals surface area contributed by atoms with Crippen molar-refractivity contribution in [1.82, 2.24) is 4.57 Å². The Bertz CT molecular complexity index is 1030. The number of ether oxygens (including phenoxy) is 2. The molecular formula is C20H18ClF2NO4. The second-order valence-corrected chi connectivity index (χ2v) is 6.66. The number of carbonyl (C=O) groups is 1. The standard InChI is InChI=1S/C20H18ClF2NO4/c1-11-14(8-19(25)26)15-7-18(27-2)16(21)9-17(15)24(11)10-12-4-3-5-13(6-12)28-20(22)23/h3-7,9,20H,8,10H2,1-2H3,(H,25,26). The third kappa shape index (κ3) is 4.04. The monoisotopic (exact) mass is 409 g/mol. The van der Waals surface area contributed by atoms with Gasteiger partial charge < -0.3 is 19.1 Å². The second-order valence-electron chi connectivity index (χ2n) is 6.25. The van der Waals surface area contributed by atoms with Gasteiger partial charge in [0, 0.05) is 17.6 Å². The third-order valence-electron chi connectivity index (χ3n) is 4.52. The molecule has 0 bridgehead atoms. The van der Waals surface area contributed by atoms with E-state index in [1.54, 1.807) is 24.3 Å². The van der Waals surface area contributed by atoms with Gasteiger partial charge in [0.1, 0.15) is 11.5 Å². The first-order valence-electron chi connectivity index (χ1n) is 8.41. The molecule has 0 aliphatic carbocycles. The van der Waals surface area contributed by atoms with Crippen LogP contribution in [-0.4, -0.2) is 29.4 Å². The topological polar surface area (TPSA) is 60.7 Å². The molecule has 2 aromatic carbocycles. The summed E-state index contributed by atoms with van der Waals surface area (Å²) in [5.74, 6) is -0.444. The van der Waals surface area contributed by atoms with E-state index in [2.05, 4.69) is 4.74 Å². The number of nitrogens with zero attached hydrogens (tertiary/aromatic N) is 1. The molecule has 0 aliphatic heterocycles. The smallest absolute Gasteiger partial charge is 0.387 e. The molecule has 148 valence electrons. The van der Waals surface area contributed by atoms with Crippen molar-refractivity contribution >= 4 is 28.5 Å². The summed E-state index contributed by atoms with van der Waals surface area (Å²) >= 11 is 6.27. The SMILES string of the molecule is COc1cc2c(CC(=O)O)c(C)n(Cc3cccc(OC(F)F)c3)c2cc1Cl. The van der Waals surface area contributed by atoms with Gasteiger partial charge in [0.05, 0.1) is 24.1 Å². The lowest BCUT2D eigenvalue weighted by Crippen LogP contribution is -2.06. The number of benzene rings is 2. The van der Waals surface area contributed by atoms with Crippen LogP contribution in [0.4, 0.5) is 8.78 Å². The quantitative estimate of drug-likeness (QED) is 0.603. The maximum Gasteiger partial charge on any atom is 0.387 e. The highest BCUT2D eigenvalue weighted by molar-refractivity contribution is 6.32. The average Bonchev–Trinajstić information content (AvgIpc) is 2.85. The van der Waals surface area contributed by atoms with Crippen LogP contribution in [-0.2, 0) is 17.8 Å². The van der Waals surface area contributed by atoms with Gasteiger partial charge in [-0.05, 0) is 42.3 Å². The Morgan fingerprint density at radius 1 is 1.29 bits per heavy atom. The van der Waals surface area contributed by atoms with Crippen molar-refractivity contribution in [3.63, 3.8) is 0 Å². The lowest BCUT2D eigenvalue weighted by Gasteiger charge is -2.11. The average molecular weight is 410 g/mol. The largest absolute Gasteiger partial charge is 0.495 e. The predicted octanol–water partition coefficient (Wildman–Crippen LogP) is 4.89. The number of carboxylic acid groups (broad SMARTS) is 1. The van der Waals surface area contributed by atoms with Crippen LogP contribution in [0.2, 0.25) is 5.02 Å². The highest BCUT2D eigenvalue weighted by Gasteiger charge is 2.19. The molecule has 5 nitrogen and oxygen atoms in total. The first kappa shape index (κ1) is 19.9. The van der Waals surface area contributed by atoms with Gasteiger partial charge in [-0.1, -0.05) is 23.7 Å². The van der Waals surface area contributed by atoms with E-state index in [0.29, 0.717) is 22.9 Å². The molecule has 3 aromatic rings. The van der Waals surface area contributed by atoms with Gasteiger partial charge in [-0.2, -0.15) is 8.78 Å². The lowest BCUT2D eigenvalue weighted by atomic mass is 10.1. The van der Waals surface area contributed by atoms with E-state index in [-0.39, 0.29) is 12.2 Å². The van der Waals surface area contributed by atoms with E-state index >= 15 is 0 Å². The molecule has 0 spiro atoms. The van der Waals surface area contributed by atoms with Gasteiger partial charge in [-0.25, -0.2) is 0 Å². The van der Waals surface area contributed by atoms with E-state index in [4.69, 9.17) is 16.3 Å². The maximum absolute atomic E-state index is 12.5. The molecule has 0 aliphatic rings. The zero-order valence-electron chi connectivity index (χ0n) is 15.2.